The fourth-order valence-corrected chi connectivity index (χ4v) is 2.65. The maximum atomic E-state index is 5.35. The van der Waals surface area contributed by atoms with Crippen molar-refractivity contribution in [3.63, 3.8) is 0 Å². The van der Waals surface area contributed by atoms with E-state index >= 15 is 0 Å². The molecule has 2 N–H and O–H groups in total. The van der Waals surface area contributed by atoms with Crippen LogP contribution in [-0.2, 0) is 0 Å². The number of aromatic nitrogens is 4. The first-order chi connectivity index (χ1) is 12.5. The van der Waals surface area contributed by atoms with E-state index in [0.717, 1.165) is 33.8 Å². The lowest BCUT2D eigenvalue weighted by Crippen LogP contribution is -2.25. The van der Waals surface area contributed by atoms with E-state index < -0.39 is 0 Å². The van der Waals surface area contributed by atoms with Crippen LogP contribution >= 0.6 is 12.2 Å². The zero-order valence-electron chi connectivity index (χ0n) is 14.8. The van der Waals surface area contributed by atoms with Crippen LogP contribution in [-0.4, -0.2) is 31.0 Å². The maximum Gasteiger partial charge on any atom is 0.191 e. The van der Waals surface area contributed by atoms with E-state index in [-0.39, 0.29) is 0 Å². The molecule has 0 amide bonds. The van der Waals surface area contributed by atoms with E-state index in [1.165, 1.54) is 0 Å². The van der Waals surface area contributed by atoms with Crippen LogP contribution in [0.25, 0.3) is 5.69 Å². The summed E-state index contributed by atoms with van der Waals surface area (Å²) in [5.74, 6) is 0. The third-order valence-corrected chi connectivity index (χ3v) is 4.12. The van der Waals surface area contributed by atoms with Gasteiger partial charge in [0, 0.05) is 5.69 Å². The number of nitrogens with zero attached hydrogens (tertiary/aromatic N) is 5. The first-order valence-corrected chi connectivity index (χ1v) is 8.46. The normalized spacial score (nSPS) is 11.3. The van der Waals surface area contributed by atoms with Gasteiger partial charge in [0.05, 0.1) is 11.4 Å². The average Bonchev–Trinajstić information content (AvgIpc) is 3.18. The van der Waals surface area contributed by atoms with Crippen molar-refractivity contribution in [1.29, 1.82) is 0 Å². The Labute approximate surface area is 157 Å². The van der Waals surface area contributed by atoms with Gasteiger partial charge in [-0.25, -0.2) is 4.68 Å². The van der Waals surface area contributed by atoms with Crippen LogP contribution in [0.15, 0.2) is 53.9 Å². The molecule has 0 radical (unpaired) electrons. The first-order valence-electron chi connectivity index (χ1n) is 8.06. The van der Waals surface area contributed by atoms with E-state index in [9.17, 15) is 0 Å². The van der Waals surface area contributed by atoms with Gasteiger partial charge in [-0.3, -0.25) is 5.43 Å². The second-order valence-corrected chi connectivity index (χ2v) is 6.24. The van der Waals surface area contributed by atoms with Crippen molar-refractivity contribution >= 4 is 28.7 Å². The second kappa shape index (κ2) is 7.83. The molecule has 1 aromatic heterocycles. The zero-order valence-corrected chi connectivity index (χ0v) is 15.6. The highest BCUT2D eigenvalue weighted by atomic mass is 32.1. The van der Waals surface area contributed by atoms with Gasteiger partial charge in [0.15, 0.2) is 5.11 Å². The summed E-state index contributed by atoms with van der Waals surface area (Å²) in [5.41, 5.74) is 8.76. The number of anilines is 1. The number of para-hydroxylation sites is 1. The zero-order chi connectivity index (χ0) is 18.5. The summed E-state index contributed by atoms with van der Waals surface area (Å²) in [6, 6.07) is 13.9. The van der Waals surface area contributed by atoms with E-state index in [4.69, 9.17) is 12.2 Å². The van der Waals surface area contributed by atoms with Gasteiger partial charge in [-0.05, 0) is 72.2 Å². The Morgan fingerprint density at radius 2 is 1.85 bits per heavy atom. The van der Waals surface area contributed by atoms with Crippen LogP contribution in [0.5, 0.6) is 0 Å². The number of hydrazone groups is 1. The average molecular weight is 365 g/mol. The highest BCUT2D eigenvalue weighted by molar-refractivity contribution is 7.80. The van der Waals surface area contributed by atoms with Crippen molar-refractivity contribution in [2.24, 2.45) is 5.10 Å². The van der Waals surface area contributed by atoms with Crippen LogP contribution in [0.4, 0.5) is 5.69 Å². The summed E-state index contributed by atoms with van der Waals surface area (Å²) < 4.78 is 1.59. The number of benzene rings is 2. The lowest BCUT2D eigenvalue weighted by atomic mass is 10.1. The molecule has 0 aliphatic carbocycles. The van der Waals surface area contributed by atoms with Crippen LogP contribution in [0.3, 0.4) is 0 Å². The Morgan fingerprint density at radius 1 is 1.12 bits per heavy atom. The van der Waals surface area contributed by atoms with Gasteiger partial charge in [0.2, 0.25) is 0 Å². The monoisotopic (exact) mass is 365 g/mol. The minimum Gasteiger partial charge on any atom is -0.331 e. The maximum absolute atomic E-state index is 5.35. The molecule has 0 bridgehead atoms. The van der Waals surface area contributed by atoms with Crippen LogP contribution in [0.1, 0.15) is 23.6 Å². The Kier molecular flexibility index (Phi) is 5.33. The van der Waals surface area contributed by atoms with Gasteiger partial charge >= 0.3 is 0 Å². The third kappa shape index (κ3) is 4.09. The molecular weight excluding hydrogens is 346 g/mol. The van der Waals surface area contributed by atoms with Gasteiger partial charge in [-0.2, -0.15) is 5.10 Å². The molecule has 3 aromatic rings. The molecule has 0 saturated carbocycles. The van der Waals surface area contributed by atoms with Crippen molar-refractivity contribution in [3.8, 4) is 5.69 Å². The Bertz CT molecular complexity index is 928. The fraction of sp³-hybridized carbons (Fsp3) is 0.167. The highest BCUT2D eigenvalue weighted by Gasteiger charge is 2.05. The summed E-state index contributed by atoms with van der Waals surface area (Å²) in [7, 11) is 0. The molecule has 1 heterocycles. The number of hydrogen-bond donors (Lipinski definition) is 2. The number of hydrogen-bond acceptors (Lipinski definition) is 5. The van der Waals surface area contributed by atoms with E-state index in [2.05, 4.69) is 31.4 Å². The molecule has 0 unspecified atom stereocenters. The van der Waals surface area contributed by atoms with E-state index in [0.29, 0.717) is 5.11 Å². The summed E-state index contributed by atoms with van der Waals surface area (Å²) >= 11 is 5.35. The minimum absolute atomic E-state index is 0.443. The van der Waals surface area contributed by atoms with Crippen molar-refractivity contribution < 1.29 is 0 Å². The molecule has 7 nitrogen and oxygen atoms in total. The molecule has 132 valence electrons. The van der Waals surface area contributed by atoms with Gasteiger partial charge < -0.3 is 5.32 Å². The Balaban J connectivity index is 1.70. The van der Waals surface area contributed by atoms with Crippen molar-refractivity contribution in [1.82, 2.24) is 25.6 Å². The first kappa shape index (κ1) is 17.7. The van der Waals surface area contributed by atoms with Gasteiger partial charge in [-0.1, -0.05) is 30.3 Å². The molecule has 0 aliphatic rings. The largest absolute Gasteiger partial charge is 0.331 e. The quantitative estimate of drug-likeness (QED) is 0.420. The van der Waals surface area contributed by atoms with Crippen molar-refractivity contribution in [2.45, 2.75) is 20.8 Å². The topological polar surface area (TPSA) is 80.0 Å². The molecule has 26 heavy (non-hydrogen) atoms. The summed E-state index contributed by atoms with van der Waals surface area (Å²) in [5, 5.41) is 19.2. The lowest BCUT2D eigenvalue weighted by Gasteiger charge is -2.13. The summed E-state index contributed by atoms with van der Waals surface area (Å²) in [6.45, 7) is 5.99. The predicted molar refractivity (Wildman–Crippen MR) is 107 cm³/mol. The minimum atomic E-state index is 0.443. The number of aryl methyl sites for hydroxylation is 2. The van der Waals surface area contributed by atoms with E-state index in [1.54, 1.807) is 11.0 Å². The highest BCUT2D eigenvalue weighted by Crippen LogP contribution is 2.19. The molecule has 0 saturated heterocycles. The number of thiocarbonyl (C=S) groups is 1. The van der Waals surface area contributed by atoms with Gasteiger partial charge in [0.1, 0.15) is 6.33 Å². The lowest BCUT2D eigenvalue weighted by molar-refractivity contribution is 0.789. The Hall–Kier alpha value is -3.13. The molecule has 0 spiro atoms. The van der Waals surface area contributed by atoms with E-state index in [1.807, 2.05) is 63.2 Å². The Morgan fingerprint density at radius 3 is 2.54 bits per heavy atom. The molecular formula is C18H19N7S. The molecule has 0 atom stereocenters. The van der Waals surface area contributed by atoms with Gasteiger partial charge in [0.25, 0.3) is 0 Å². The summed E-state index contributed by atoms with van der Waals surface area (Å²) in [6.07, 6.45) is 1.55. The predicted octanol–water partition coefficient (Wildman–Crippen LogP) is 2.99. The van der Waals surface area contributed by atoms with Crippen LogP contribution in [0.2, 0.25) is 0 Å². The SMILES string of the molecule is C/C(=N\NC(=S)Nc1c(C)cccc1C)c1cccc(-n2cnnn2)c1. The number of tetrazole rings is 1. The summed E-state index contributed by atoms with van der Waals surface area (Å²) in [4.78, 5) is 0. The van der Waals surface area contributed by atoms with Gasteiger partial charge in [-0.15, -0.1) is 5.10 Å². The molecule has 2 aromatic carbocycles. The van der Waals surface area contributed by atoms with Crippen LogP contribution < -0.4 is 10.7 Å². The van der Waals surface area contributed by atoms with Crippen molar-refractivity contribution in [3.05, 3.63) is 65.5 Å². The number of nitrogens with one attached hydrogen (secondary N) is 2. The number of rotatable bonds is 4. The van der Waals surface area contributed by atoms with Crippen LogP contribution in [0, 0.1) is 13.8 Å². The molecule has 3 rings (SSSR count). The van der Waals surface area contributed by atoms with Crippen molar-refractivity contribution in [2.75, 3.05) is 5.32 Å². The smallest absolute Gasteiger partial charge is 0.191 e. The third-order valence-electron chi connectivity index (χ3n) is 3.92. The molecule has 8 heteroatoms. The second-order valence-electron chi connectivity index (χ2n) is 5.83. The molecule has 0 aliphatic heterocycles. The fourth-order valence-electron chi connectivity index (χ4n) is 2.51. The standard InChI is InChI=1S/C18H19N7S/c1-12-6-4-7-13(2)17(12)20-18(26)22-21-14(3)15-8-5-9-16(10-15)25-11-19-23-24-25/h4-11H,1-3H3,(H2,20,22,26)/b21-14+. The molecule has 0 fully saturated rings.